The van der Waals surface area contributed by atoms with Gasteiger partial charge in [0.15, 0.2) is 5.96 Å². The molecule has 0 unspecified atom stereocenters. The summed E-state index contributed by atoms with van der Waals surface area (Å²) in [6, 6.07) is 2.78. The number of guanidine groups is 1. The molecule has 3 fully saturated rings. The van der Waals surface area contributed by atoms with Gasteiger partial charge in [-0.3, -0.25) is 0 Å². The van der Waals surface area contributed by atoms with Crippen LogP contribution in [0.3, 0.4) is 0 Å². The largest absolute Gasteiger partial charge is 0.354 e. The van der Waals surface area contributed by atoms with Gasteiger partial charge in [-0.05, 0) is 57.8 Å². The molecule has 3 heterocycles. The van der Waals surface area contributed by atoms with Crippen LogP contribution < -0.4 is 5.32 Å². The molecule has 2 saturated heterocycles. The molecule has 3 nitrogen and oxygen atoms in total. The van der Waals surface area contributed by atoms with Gasteiger partial charge in [0.05, 0.1) is 6.04 Å². The molecule has 1 aliphatic carbocycles. The van der Waals surface area contributed by atoms with Gasteiger partial charge in [-0.1, -0.05) is 12.8 Å². The maximum absolute atomic E-state index is 5.07. The Hall–Kier alpha value is -0.730. The summed E-state index contributed by atoms with van der Waals surface area (Å²) in [7, 11) is 0. The molecule has 4 aliphatic rings. The third kappa shape index (κ3) is 2.36. The van der Waals surface area contributed by atoms with E-state index in [2.05, 4.69) is 17.1 Å². The van der Waals surface area contributed by atoms with Gasteiger partial charge < -0.3 is 10.2 Å². The topological polar surface area (TPSA) is 27.6 Å². The Labute approximate surface area is 116 Å². The smallest absolute Gasteiger partial charge is 0.194 e. The molecule has 4 atom stereocenters. The zero-order valence-electron chi connectivity index (χ0n) is 12.1. The van der Waals surface area contributed by atoms with E-state index in [0.717, 1.165) is 18.0 Å². The van der Waals surface area contributed by atoms with Gasteiger partial charge in [-0.2, -0.15) is 0 Å². The molecule has 106 valence electrons. The molecule has 4 rings (SSSR count). The fraction of sp³-hybridized carbons (Fsp3) is 0.938. The zero-order chi connectivity index (χ0) is 12.8. The number of rotatable bonds is 3. The molecule has 3 aliphatic heterocycles. The summed E-state index contributed by atoms with van der Waals surface area (Å²) < 4.78 is 0. The summed E-state index contributed by atoms with van der Waals surface area (Å²) in [6.45, 7) is 2.32. The number of aliphatic imine (C=N–C) groups is 1. The predicted molar refractivity (Wildman–Crippen MR) is 78.3 cm³/mol. The Balaban J connectivity index is 1.51. The van der Waals surface area contributed by atoms with Crippen LogP contribution in [0.1, 0.15) is 64.7 Å². The second-order valence-corrected chi connectivity index (χ2v) is 7.29. The quantitative estimate of drug-likeness (QED) is 0.846. The predicted octanol–water partition coefficient (Wildman–Crippen LogP) is 2.91. The first-order valence-corrected chi connectivity index (χ1v) is 8.42. The first kappa shape index (κ1) is 12.0. The summed E-state index contributed by atoms with van der Waals surface area (Å²) in [5, 5.41) is 3.66. The average Bonchev–Trinajstić information content (AvgIpc) is 3.20. The van der Waals surface area contributed by atoms with E-state index < -0.39 is 0 Å². The highest BCUT2D eigenvalue weighted by molar-refractivity contribution is 5.82. The van der Waals surface area contributed by atoms with E-state index in [-0.39, 0.29) is 0 Å². The highest BCUT2D eigenvalue weighted by Crippen LogP contribution is 2.38. The van der Waals surface area contributed by atoms with E-state index >= 15 is 0 Å². The number of nitrogens with zero attached hydrogens (tertiary/aromatic N) is 2. The molecule has 0 aromatic carbocycles. The lowest BCUT2D eigenvalue weighted by atomic mass is 9.85. The molecule has 19 heavy (non-hydrogen) atoms. The van der Waals surface area contributed by atoms with Crippen molar-refractivity contribution in [1.29, 1.82) is 0 Å². The van der Waals surface area contributed by atoms with Gasteiger partial charge in [0.2, 0.25) is 0 Å². The van der Waals surface area contributed by atoms with Gasteiger partial charge in [-0.25, -0.2) is 4.99 Å². The molecule has 3 heteroatoms. The molecule has 0 spiro atoms. The van der Waals surface area contributed by atoms with Crippen LogP contribution in [0.4, 0.5) is 0 Å². The maximum Gasteiger partial charge on any atom is 0.194 e. The molecule has 1 N–H and O–H groups in total. The van der Waals surface area contributed by atoms with Crippen LogP contribution in [0.25, 0.3) is 0 Å². The summed E-state index contributed by atoms with van der Waals surface area (Å²) >= 11 is 0. The van der Waals surface area contributed by atoms with E-state index in [9.17, 15) is 0 Å². The molecule has 0 aromatic heterocycles. The highest BCUT2D eigenvalue weighted by Gasteiger charge is 2.41. The van der Waals surface area contributed by atoms with Gasteiger partial charge in [0.25, 0.3) is 0 Å². The summed E-state index contributed by atoms with van der Waals surface area (Å²) in [5.74, 6) is 2.30. The molecule has 0 bridgehead atoms. The van der Waals surface area contributed by atoms with Crippen molar-refractivity contribution in [2.45, 2.75) is 88.9 Å². The van der Waals surface area contributed by atoms with Crippen molar-refractivity contribution >= 4 is 5.96 Å². The second kappa shape index (κ2) is 4.68. The number of piperidine rings is 1. The molecular weight excluding hydrogens is 234 g/mol. The fourth-order valence-electron chi connectivity index (χ4n) is 4.40. The van der Waals surface area contributed by atoms with Crippen molar-refractivity contribution in [1.82, 2.24) is 10.2 Å². The molecule has 1 saturated carbocycles. The minimum Gasteiger partial charge on any atom is -0.354 e. The SMILES string of the molecule is C[C@@H]1C[C@@H]2CCC[C@@H]3C[C@H](CCC4CC4)N=C(N1)N32. The van der Waals surface area contributed by atoms with Crippen molar-refractivity contribution in [3.63, 3.8) is 0 Å². The molecule has 0 radical (unpaired) electrons. The van der Waals surface area contributed by atoms with Crippen LogP contribution in [0.5, 0.6) is 0 Å². The minimum atomic E-state index is 0.605. The van der Waals surface area contributed by atoms with Gasteiger partial charge in [0.1, 0.15) is 0 Å². The average molecular weight is 261 g/mol. The van der Waals surface area contributed by atoms with E-state index in [4.69, 9.17) is 4.99 Å². The van der Waals surface area contributed by atoms with Crippen molar-refractivity contribution in [2.24, 2.45) is 10.9 Å². The van der Waals surface area contributed by atoms with Gasteiger partial charge >= 0.3 is 0 Å². The number of nitrogens with one attached hydrogen (secondary N) is 1. The van der Waals surface area contributed by atoms with Crippen molar-refractivity contribution in [3.05, 3.63) is 0 Å². The molecular formula is C16H27N3. The minimum absolute atomic E-state index is 0.605. The Kier molecular flexibility index (Phi) is 2.96. The standard InChI is InChI=1S/C16H27N3/c1-11-9-14-3-2-4-15-10-13(8-7-12-5-6-12)18-16(17-11)19(14)15/h11-15H,2-10H2,1H3,(H,17,18)/t11-,13+,14+,15-/m1/s1. The normalized spacial score (nSPS) is 41.3. The second-order valence-electron chi connectivity index (χ2n) is 7.29. The lowest BCUT2D eigenvalue weighted by Crippen LogP contribution is -2.64. The summed E-state index contributed by atoms with van der Waals surface area (Å²) in [5.41, 5.74) is 0. The highest BCUT2D eigenvalue weighted by atomic mass is 15.4. The summed E-state index contributed by atoms with van der Waals surface area (Å²) in [4.78, 5) is 7.72. The zero-order valence-corrected chi connectivity index (χ0v) is 12.1. The van der Waals surface area contributed by atoms with Crippen LogP contribution >= 0.6 is 0 Å². The summed E-state index contributed by atoms with van der Waals surface area (Å²) in [6.07, 6.45) is 12.6. The fourth-order valence-corrected chi connectivity index (χ4v) is 4.40. The maximum atomic E-state index is 5.07. The van der Waals surface area contributed by atoms with Gasteiger partial charge in [-0.15, -0.1) is 0 Å². The van der Waals surface area contributed by atoms with Gasteiger partial charge in [0, 0.05) is 18.1 Å². The van der Waals surface area contributed by atoms with E-state index in [1.807, 2.05) is 0 Å². The number of hydrogen-bond donors (Lipinski definition) is 1. The monoisotopic (exact) mass is 261 g/mol. The number of hydrogen-bond acceptors (Lipinski definition) is 3. The van der Waals surface area contributed by atoms with Crippen LogP contribution in [0.15, 0.2) is 4.99 Å². The lowest BCUT2D eigenvalue weighted by Gasteiger charge is -2.52. The van der Waals surface area contributed by atoms with Crippen LogP contribution in [0.2, 0.25) is 0 Å². The van der Waals surface area contributed by atoms with Crippen LogP contribution in [-0.2, 0) is 0 Å². The third-order valence-electron chi connectivity index (χ3n) is 5.56. The van der Waals surface area contributed by atoms with E-state index in [0.29, 0.717) is 12.1 Å². The Bertz CT molecular complexity index is 374. The van der Waals surface area contributed by atoms with Crippen molar-refractivity contribution in [3.8, 4) is 0 Å². The molecule has 0 amide bonds. The third-order valence-corrected chi connectivity index (χ3v) is 5.56. The Morgan fingerprint density at radius 1 is 1.11 bits per heavy atom. The van der Waals surface area contributed by atoms with Crippen molar-refractivity contribution in [2.75, 3.05) is 0 Å². The van der Waals surface area contributed by atoms with Crippen molar-refractivity contribution < 1.29 is 0 Å². The lowest BCUT2D eigenvalue weighted by molar-refractivity contribution is 0.102. The Morgan fingerprint density at radius 3 is 2.68 bits per heavy atom. The van der Waals surface area contributed by atoms with E-state index in [1.165, 1.54) is 63.7 Å². The van der Waals surface area contributed by atoms with E-state index in [1.54, 1.807) is 0 Å². The molecule has 0 aromatic rings. The first-order chi connectivity index (χ1) is 9.29. The van der Waals surface area contributed by atoms with Crippen LogP contribution in [0, 0.1) is 5.92 Å². The van der Waals surface area contributed by atoms with Crippen LogP contribution in [-0.4, -0.2) is 35.0 Å². The first-order valence-electron chi connectivity index (χ1n) is 8.42. The Morgan fingerprint density at radius 2 is 1.89 bits per heavy atom.